The van der Waals surface area contributed by atoms with Gasteiger partial charge in [0.05, 0.1) is 0 Å². The molecule has 150 valence electrons. The highest BCUT2D eigenvalue weighted by molar-refractivity contribution is 5.80. The van der Waals surface area contributed by atoms with Gasteiger partial charge >= 0.3 is 0 Å². The molecule has 2 fully saturated rings. The Labute approximate surface area is 165 Å². The van der Waals surface area contributed by atoms with E-state index in [4.69, 9.17) is 4.99 Å². The van der Waals surface area contributed by atoms with Gasteiger partial charge in [0.15, 0.2) is 5.96 Å². The van der Waals surface area contributed by atoms with Gasteiger partial charge in [0.1, 0.15) is 0 Å². The summed E-state index contributed by atoms with van der Waals surface area (Å²) in [6.07, 6.45) is 1.29. The number of aliphatic imine (C=N–C) groups is 1. The lowest BCUT2D eigenvalue weighted by Gasteiger charge is -2.38. The summed E-state index contributed by atoms with van der Waals surface area (Å²) in [7, 11) is 0. The smallest absolute Gasteiger partial charge is 0.194 e. The van der Waals surface area contributed by atoms with Crippen LogP contribution in [0, 0.1) is 19.8 Å². The van der Waals surface area contributed by atoms with Crippen LogP contribution in [0.3, 0.4) is 0 Å². The molecule has 2 heterocycles. The van der Waals surface area contributed by atoms with Gasteiger partial charge in [-0.3, -0.25) is 4.99 Å². The van der Waals surface area contributed by atoms with Crippen LogP contribution in [0.5, 0.6) is 0 Å². The minimum absolute atomic E-state index is 0.717. The predicted octanol–water partition coefficient (Wildman–Crippen LogP) is 2.73. The SMILES string of the molecule is CCNC(=NCC1CCN(CC)C1)N1CCN(c2cccc(C)c2C)CC1. The van der Waals surface area contributed by atoms with E-state index in [0.717, 1.165) is 51.1 Å². The van der Waals surface area contributed by atoms with Crippen molar-refractivity contribution in [3.05, 3.63) is 29.3 Å². The van der Waals surface area contributed by atoms with Crippen molar-refractivity contribution in [3.8, 4) is 0 Å². The molecule has 0 radical (unpaired) electrons. The zero-order valence-corrected chi connectivity index (χ0v) is 17.7. The molecule has 3 rings (SSSR count). The third kappa shape index (κ3) is 4.95. The van der Waals surface area contributed by atoms with Crippen molar-refractivity contribution in [1.82, 2.24) is 15.1 Å². The van der Waals surface area contributed by atoms with E-state index in [1.54, 1.807) is 0 Å². The van der Waals surface area contributed by atoms with E-state index in [9.17, 15) is 0 Å². The maximum atomic E-state index is 5.00. The molecule has 0 saturated carbocycles. The van der Waals surface area contributed by atoms with Crippen LogP contribution in [0.15, 0.2) is 23.2 Å². The average Bonchev–Trinajstić information content (AvgIpc) is 3.16. The molecule has 0 amide bonds. The number of guanidine groups is 1. The third-order valence-electron chi connectivity index (χ3n) is 6.15. The lowest BCUT2D eigenvalue weighted by atomic mass is 10.1. The first-order valence-corrected chi connectivity index (χ1v) is 10.7. The Hall–Kier alpha value is -1.75. The Morgan fingerprint density at radius 2 is 1.89 bits per heavy atom. The second-order valence-electron chi connectivity index (χ2n) is 7.94. The Kier molecular flexibility index (Phi) is 7.00. The van der Waals surface area contributed by atoms with E-state index >= 15 is 0 Å². The van der Waals surface area contributed by atoms with Gasteiger partial charge in [0, 0.05) is 51.5 Å². The lowest BCUT2D eigenvalue weighted by molar-refractivity contribution is 0.342. The molecule has 2 aliphatic heterocycles. The molecule has 1 aromatic carbocycles. The van der Waals surface area contributed by atoms with E-state index < -0.39 is 0 Å². The summed E-state index contributed by atoms with van der Waals surface area (Å²) in [5.74, 6) is 1.82. The molecule has 2 saturated heterocycles. The van der Waals surface area contributed by atoms with E-state index in [1.165, 1.54) is 42.9 Å². The van der Waals surface area contributed by atoms with Gasteiger partial charge in [0.25, 0.3) is 0 Å². The van der Waals surface area contributed by atoms with Crippen LogP contribution in [0.25, 0.3) is 0 Å². The number of nitrogens with one attached hydrogen (secondary N) is 1. The molecule has 1 atom stereocenters. The standard InChI is InChI=1S/C22H37N5/c1-5-23-22(24-16-20-10-11-25(6-2)17-20)27-14-12-26(13-15-27)21-9-7-8-18(3)19(21)4/h7-9,20H,5-6,10-17H2,1-4H3,(H,23,24). The number of hydrogen-bond acceptors (Lipinski definition) is 3. The summed E-state index contributed by atoms with van der Waals surface area (Å²) < 4.78 is 0. The first-order chi connectivity index (χ1) is 13.1. The summed E-state index contributed by atoms with van der Waals surface area (Å²) in [6.45, 7) is 18.5. The summed E-state index contributed by atoms with van der Waals surface area (Å²) in [4.78, 5) is 12.5. The van der Waals surface area contributed by atoms with Crippen LogP contribution >= 0.6 is 0 Å². The Morgan fingerprint density at radius 1 is 1.11 bits per heavy atom. The largest absolute Gasteiger partial charge is 0.368 e. The first kappa shape index (κ1) is 20.0. The fourth-order valence-corrected chi connectivity index (χ4v) is 4.23. The molecule has 27 heavy (non-hydrogen) atoms. The summed E-state index contributed by atoms with van der Waals surface area (Å²) in [5, 5.41) is 3.52. The molecular formula is C22H37N5. The number of likely N-dealkylation sites (tertiary alicyclic amines) is 1. The summed E-state index contributed by atoms with van der Waals surface area (Å²) >= 11 is 0. The monoisotopic (exact) mass is 371 g/mol. The van der Waals surface area contributed by atoms with E-state index in [1.807, 2.05) is 0 Å². The van der Waals surface area contributed by atoms with E-state index in [-0.39, 0.29) is 0 Å². The number of rotatable bonds is 5. The van der Waals surface area contributed by atoms with Gasteiger partial charge in [0.2, 0.25) is 0 Å². The highest BCUT2D eigenvalue weighted by Gasteiger charge is 2.23. The fraction of sp³-hybridized carbons (Fsp3) is 0.682. The quantitative estimate of drug-likeness (QED) is 0.637. The second kappa shape index (κ2) is 9.45. The average molecular weight is 372 g/mol. The normalized spacial score (nSPS) is 21.8. The first-order valence-electron chi connectivity index (χ1n) is 10.7. The predicted molar refractivity (Wildman–Crippen MR) is 116 cm³/mol. The summed E-state index contributed by atoms with van der Waals surface area (Å²) in [5.41, 5.74) is 4.18. The topological polar surface area (TPSA) is 34.1 Å². The Morgan fingerprint density at radius 3 is 2.56 bits per heavy atom. The molecule has 0 aliphatic carbocycles. The van der Waals surface area contributed by atoms with Crippen molar-refractivity contribution in [2.45, 2.75) is 34.1 Å². The van der Waals surface area contributed by atoms with Crippen molar-refractivity contribution in [2.24, 2.45) is 10.9 Å². The Balaban J connectivity index is 1.58. The van der Waals surface area contributed by atoms with Crippen molar-refractivity contribution < 1.29 is 0 Å². The molecular weight excluding hydrogens is 334 g/mol. The highest BCUT2D eigenvalue weighted by atomic mass is 15.3. The van der Waals surface area contributed by atoms with Crippen molar-refractivity contribution in [1.29, 1.82) is 0 Å². The molecule has 1 unspecified atom stereocenters. The zero-order chi connectivity index (χ0) is 19.2. The zero-order valence-electron chi connectivity index (χ0n) is 17.7. The number of anilines is 1. The van der Waals surface area contributed by atoms with Gasteiger partial charge in [-0.1, -0.05) is 19.1 Å². The van der Waals surface area contributed by atoms with Gasteiger partial charge in [-0.05, 0) is 63.4 Å². The highest BCUT2D eigenvalue weighted by Crippen LogP contribution is 2.24. The maximum absolute atomic E-state index is 5.00. The number of piperazine rings is 1. The Bertz CT molecular complexity index is 634. The molecule has 0 spiro atoms. The van der Waals surface area contributed by atoms with E-state index in [0.29, 0.717) is 0 Å². The van der Waals surface area contributed by atoms with E-state index in [2.05, 4.69) is 65.9 Å². The molecule has 2 aliphatic rings. The van der Waals surface area contributed by atoms with Crippen LogP contribution in [0.1, 0.15) is 31.4 Å². The minimum atomic E-state index is 0.717. The van der Waals surface area contributed by atoms with Gasteiger partial charge in [-0.25, -0.2) is 0 Å². The third-order valence-corrected chi connectivity index (χ3v) is 6.15. The minimum Gasteiger partial charge on any atom is -0.368 e. The molecule has 5 nitrogen and oxygen atoms in total. The van der Waals surface area contributed by atoms with Gasteiger partial charge in [-0.2, -0.15) is 0 Å². The second-order valence-corrected chi connectivity index (χ2v) is 7.94. The van der Waals surface area contributed by atoms with Crippen molar-refractivity contribution >= 4 is 11.6 Å². The number of nitrogens with zero attached hydrogens (tertiary/aromatic N) is 4. The van der Waals surface area contributed by atoms with Crippen molar-refractivity contribution in [2.75, 3.05) is 63.8 Å². The molecule has 1 N–H and O–H groups in total. The maximum Gasteiger partial charge on any atom is 0.194 e. The fourth-order valence-electron chi connectivity index (χ4n) is 4.23. The van der Waals surface area contributed by atoms with Gasteiger partial charge in [-0.15, -0.1) is 0 Å². The lowest BCUT2D eigenvalue weighted by Crippen LogP contribution is -2.52. The van der Waals surface area contributed by atoms with Crippen LogP contribution in [0.2, 0.25) is 0 Å². The van der Waals surface area contributed by atoms with Crippen LogP contribution in [-0.4, -0.2) is 74.7 Å². The van der Waals surface area contributed by atoms with Crippen LogP contribution in [-0.2, 0) is 0 Å². The van der Waals surface area contributed by atoms with Crippen LogP contribution in [0.4, 0.5) is 5.69 Å². The van der Waals surface area contributed by atoms with Gasteiger partial charge < -0.3 is 20.0 Å². The number of hydrogen-bond donors (Lipinski definition) is 1. The number of aryl methyl sites for hydroxylation is 1. The van der Waals surface area contributed by atoms with Crippen LogP contribution < -0.4 is 10.2 Å². The molecule has 0 aromatic heterocycles. The molecule has 0 bridgehead atoms. The van der Waals surface area contributed by atoms with Crippen molar-refractivity contribution in [3.63, 3.8) is 0 Å². The molecule has 1 aromatic rings. The molecule has 5 heteroatoms. The number of benzene rings is 1. The summed E-state index contributed by atoms with van der Waals surface area (Å²) in [6, 6.07) is 6.64.